The minimum absolute atomic E-state index is 0.317. The van der Waals surface area contributed by atoms with Crippen LogP contribution in [0.15, 0.2) is 52.9 Å². The van der Waals surface area contributed by atoms with Crippen molar-refractivity contribution in [3.8, 4) is 22.6 Å². The Balaban J connectivity index is 1.18. The van der Waals surface area contributed by atoms with E-state index in [2.05, 4.69) is 24.9 Å². The second-order valence-corrected chi connectivity index (χ2v) is 13.0. The number of imidazole rings is 1. The maximum Gasteiger partial charge on any atom is 0.307 e. The molecule has 0 bridgehead atoms. The molecule has 2 N–H and O–H groups in total. The molecule has 0 saturated carbocycles. The highest BCUT2D eigenvalue weighted by Gasteiger charge is 2.29. The number of nitrogens with one attached hydrogen (secondary N) is 1. The summed E-state index contributed by atoms with van der Waals surface area (Å²) in [5.41, 5.74) is 7.78. The molecular formula is C36H34ClN7O4. The molecule has 0 aliphatic carbocycles. The molecule has 1 fully saturated rings. The van der Waals surface area contributed by atoms with Gasteiger partial charge in [0.2, 0.25) is 11.6 Å². The van der Waals surface area contributed by atoms with E-state index in [-0.39, 0.29) is 11.8 Å². The summed E-state index contributed by atoms with van der Waals surface area (Å²) in [6.45, 7) is 13.4. The number of para-hydroxylation sites is 1. The van der Waals surface area contributed by atoms with Crippen molar-refractivity contribution in [1.82, 2.24) is 24.3 Å². The predicted molar refractivity (Wildman–Crippen MR) is 183 cm³/mol. The number of carboxylic acid groups (broad SMARTS) is 1. The average molecular weight is 664 g/mol. The Morgan fingerprint density at radius 3 is 2.65 bits per heavy atom. The second-order valence-electron chi connectivity index (χ2n) is 12.6. The Bertz CT molecular complexity index is 2150. The first-order valence-corrected chi connectivity index (χ1v) is 16.2. The fourth-order valence-corrected chi connectivity index (χ4v) is 7.15. The predicted octanol–water partition coefficient (Wildman–Crippen LogP) is 6.55. The zero-order chi connectivity index (χ0) is 33.7. The number of carboxylic acids is 1. The van der Waals surface area contributed by atoms with Gasteiger partial charge in [0.15, 0.2) is 11.4 Å². The maximum absolute atomic E-state index is 13.5. The molecule has 3 aromatic carbocycles. The number of likely N-dealkylation sites (N-methyl/N-ethyl adjacent to an activating group) is 1. The number of likely N-dealkylation sites (tertiary alicyclic amines) is 1. The highest BCUT2D eigenvalue weighted by atomic mass is 35.5. The number of hydrogen-bond donors (Lipinski definition) is 2. The summed E-state index contributed by atoms with van der Waals surface area (Å²) in [4.78, 5) is 42.4. The molecule has 4 heterocycles. The van der Waals surface area contributed by atoms with Gasteiger partial charge < -0.3 is 24.3 Å². The molecule has 12 heteroatoms. The van der Waals surface area contributed by atoms with E-state index < -0.39 is 5.97 Å². The van der Waals surface area contributed by atoms with Crippen LogP contribution in [0.3, 0.4) is 0 Å². The van der Waals surface area contributed by atoms with Gasteiger partial charge >= 0.3 is 5.97 Å². The van der Waals surface area contributed by atoms with Crippen LogP contribution in [0.25, 0.3) is 38.5 Å². The first-order chi connectivity index (χ1) is 23.1. The van der Waals surface area contributed by atoms with Gasteiger partial charge in [-0.05, 0) is 73.5 Å². The zero-order valence-corrected chi connectivity index (χ0v) is 27.6. The van der Waals surface area contributed by atoms with Crippen molar-refractivity contribution >= 4 is 46.0 Å². The minimum atomic E-state index is -0.763. The maximum atomic E-state index is 13.5. The number of aromatic nitrogens is 3. The summed E-state index contributed by atoms with van der Waals surface area (Å²) in [5, 5.41) is 12.7. The molecule has 2 aromatic heterocycles. The van der Waals surface area contributed by atoms with E-state index in [9.17, 15) is 14.7 Å². The topological polar surface area (TPSA) is 121 Å². The number of aliphatic carboxylic acids is 1. The van der Waals surface area contributed by atoms with Gasteiger partial charge in [-0.15, -0.1) is 0 Å². The number of oxazole rings is 1. The van der Waals surface area contributed by atoms with E-state index >= 15 is 0 Å². The fraction of sp³-hybridized carbons (Fsp3) is 0.306. The fourth-order valence-electron chi connectivity index (χ4n) is 6.87. The van der Waals surface area contributed by atoms with Crippen LogP contribution in [0.4, 0.5) is 11.4 Å². The number of carbonyl (C=O) groups is 2. The third-order valence-electron chi connectivity index (χ3n) is 9.43. The van der Waals surface area contributed by atoms with Crippen LogP contribution < -0.4 is 5.32 Å². The van der Waals surface area contributed by atoms with Crippen molar-refractivity contribution in [2.45, 2.75) is 32.9 Å². The molecule has 0 unspecified atom stereocenters. The third-order valence-corrected chi connectivity index (χ3v) is 9.71. The molecule has 1 saturated heterocycles. The molecule has 2 aliphatic rings. The van der Waals surface area contributed by atoms with Gasteiger partial charge in [0.05, 0.1) is 23.2 Å². The van der Waals surface area contributed by atoms with E-state index in [1.807, 2.05) is 68.1 Å². The Kier molecular flexibility index (Phi) is 8.25. The van der Waals surface area contributed by atoms with Crippen LogP contribution >= 0.6 is 11.6 Å². The lowest BCUT2D eigenvalue weighted by atomic mass is 9.94. The van der Waals surface area contributed by atoms with Crippen LogP contribution in [0, 0.1) is 19.4 Å². The second kappa shape index (κ2) is 12.5. The summed E-state index contributed by atoms with van der Waals surface area (Å²) in [6, 6.07) is 14.9. The van der Waals surface area contributed by atoms with Crippen molar-refractivity contribution in [2.24, 2.45) is 13.0 Å². The van der Waals surface area contributed by atoms with Gasteiger partial charge in [-0.2, -0.15) is 0 Å². The number of anilines is 1. The standard InChI is InChI=1S/C36H34ClN7O4/c1-20-23(25-9-6-10-27(31(25)38-2)40-34(45)33-39-29-19-42(3)13-12-30(29)43(33)4)7-5-8-24(20)35-41-28-16-21(15-26(37)32(28)48-35)17-44-14-11-22(18-44)36(46)47/h5-10,15-16,22H,11-14,17-19H2,1,3-4H3,(H,40,45)(H,46,47)/t22-/m1/s1. The summed E-state index contributed by atoms with van der Waals surface area (Å²) in [7, 11) is 3.89. The zero-order valence-electron chi connectivity index (χ0n) is 26.9. The molecule has 2 aliphatic heterocycles. The quantitative estimate of drug-likeness (QED) is 0.188. The Hall–Kier alpha value is -5.02. The normalized spacial score (nSPS) is 16.6. The lowest BCUT2D eigenvalue weighted by Gasteiger charge is -2.21. The molecule has 5 aromatic rings. The van der Waals surface area contributed by atoms with E-state index in [1.54, 1.807) is 6.07 Å². The Morgan fingerprint density at radius 2 is 1.88 bits per heavy atom. The van der Waals surface area contributed by atoms with Crippen LogP contribution in [0.2, 0.25) is 5.02 Å². The number of hydrogen-bond acceptors (Lipinski definition) is 7. The minimum Gasteiger partial charge on any atom is -0.481 e. The van der Waals surface area contributed by atoms with Crippen molar-refractivity contribution in [3.63, 3.8) is 0 Å². The van der Waals surface area contributed by atoms with Crippen LogP contribution in [-0.2, 0) is 31.4 Å². The van der Waals surface area contributed by atoms with Crippen molar-refractivity contribution in [3.05, 3.63) is 93.3 Å². The van der Waals surface area contributed by atoms with E-state index in [0.717, 1.165) is 46.6 Å². The number of benzene rings is 3. The molecule has 1 atom stereocenters. The highest BCUT2D eigenvalue weighted by molar-refractivity contribution is 6.34. The number of nitrogens with zero attached hydrogens (tertiary/aromatic N) is 6. The number of rotatable bonds is 7. The third kappa shape index (κ3) is 5.72. The van der Waals surface area contributed by atoms with Gasteiger partial charge in [0, 0.05) is 56.6 Å². The Morgan fingerprint density at radius 1 is 1.10 bits per heavy atom. The summed E-state index contributed by atoms with van der Waals surface area (Å²) < 4.78 is 8.05. The number of carbonyl (C=O) groups excluding carboxylic acids is 1. The first kappa shape index (κ1) is 31.6. The molecule has 11 nitrogen and oxygen atoms in total. The van der Waals surface area contributed by atoms with Crippen molar-refractivity contribution in [1.29, 1.82) is 0 Å². The number of fused-ring (bicyclic) bond motifs is 2. The van der Waals surface area contributed by atoms with Gasteiger partial charge in [-0.25, -0.2) is 14.8 Å². The monoisotopic (exact) mass is 663 g/mol. The lowest BCUT2D eigenvalue weighted by Crippen LogP contribution is -2.27. The van der Waals surface area contributed by atoms with Crippen LogP contribution in [0.5, 0.6) is 0 Å². The molecule has 0 spiro atoms. The summed E-state index contributed by atoms with van der Waals surface area (Å²) >= 11 is 6.66. The lowest BCUT2D eigenvalue weighted by molar-refractivity contribution is -0.141. The summed E-state index contributed by atoms with van der Waals surface area (Å²) in [5.74, 6) is -0.769. The van der Waals surface area contributed by atoms with E-state index in [4.69, 9.17) is 27.6 Å². The number of amides is 1. The molecule has 244 valence electrons. The largest absolute Gasteiger partial charge is 0.481 e. The SMILES string of the molecule is [C-]#[N+]c1c(NC(=O)c2nc3c(n2C)CCN(C)C3)cccc1-c1cccc(-c2nc3cc(CN4CC[C@@H](C(=O)O)C4)cc(Cl)c3o2)c1C. The molecule has 48 heavy (non-hydrogen) atoms. The Labute approximate surface area is 282 Å². The smallest absolute Gasteiger partial charge is 0.307 e. The van der Waals surface area contributed by atoms with Crippen LogP contribution in [-0.4, -0.2) is 68.0 Å². The summed E-state index contributed by atoms with van der Waals surface area (Å²) in [6.07, 6.45) is 1.45. The average Bonchev–Trinajstić information content (AvgIpc) is 3.79. The van der Waals surface area contributed by atoms with E-state index in [0.29, 0.717) is 77.4 Å². The van der Waals surface area contributed by atoms with E-state index in [1.165, 1.54) is 0 Å². The van der Waals surface area contributed by atoms with Gasteiger partial charge in [-0.3, -0.25) is 14.5 Å². The first-order valence-electron chi connectivity index (χ1n) is 15.8. The molecule has 7 rings (SSSR count). The molecule has 0 radical (unpaired) electrons. The highest BCUT2D eigenvalue weighted by Crippen LogP contribution is 2.41. The van der Waals surface area contributed by atoms with Crippen molar-refractivity contribution in [2.75, 3.05) is 32.0 Å². The van der Waals surface area contributed by atoms with Crippen LogP contribution in [0.1, 0.15) is 39.6 Å². The number of halogens is 1. The molecular weight excluding hydrogens is 630 g/mol. The molecule has 1 amide bonds. The van der Waals surface area contributed by atoms with Gasteiger partial charge in [0.1, 0.15) is 5.52 Å². The van der Waals surface area contributed by atoms with Gasteiger partial charge in [-0.1, -0.05) is 35.9 Å². The van der Waals surface area contributed by atoms with Gasteiger partial charge in [0.25, 0.3) is 5.91 Å². The van der Waals surface area contributed by atoms with Crippen molar-refractivity contribution < 1.29 is 19.1 Å².